The number of ether oxygens (including phenoxy) is 2. The lowest BCUT2D eigenvalue weighted by Gasteiger charge is -2.12. The van der Waals surface area contributed by atoms with Gasteiger partial charge in [0.2, 0.25) is 0 Å². The van der Waals surface area contributed by atoms with E-state index in [0.717, 1.165) is 22.7 Å². The van der Waals surface area contributed by atoms with E-state index in [1.165, 1.54) is 11.8 Å². The molecule has 2 aromatic carbocycles. The largest absolute Gasteiger partial charge is 0.497 e. The summed E-state index contributed by atoms with van der Waals surface area (Å²) in [5.74, 6) is 1.58. The predicted octanol–water partition coefficient (Wildman–Crippen LogP) is 2.36. The van der Waals surface area contributed by atoms with Gasteiger partial charge in [-0.2, -0.15) is 0 Å². The van der Waals surface area contributed by atoms with E-state index < -0.39 is 9.84 Å². The molecule has 2 heterocycles. The van der Waals surface area contributed by atoms with Crippen LogP contribution in [0.5, 0.6) is 11.5 Å². The lowest BCUT2D eigenvalue weighted by molar-refractivity contribution is 0.0954. The number of amidine groups is 1. The van der Waals surface area contributed by atoms with Crippen LogP contribution < -0.4 is 20.1 Å². The van der Waals surface area contributed by atoms with Crippen LogP contribution in [0, 0.1) is 0 Å². The molecule has 1 fully saturated rings. The molecule has 2 atom stereocenters. The highest BCUT2D eigenvalue weighted by atomic mass is 32.2. The Kier molecular flexibility index (Phi) is 6.61. The molecule has 0 bridgehead atoms. The van der Waals surface area contributed by atoms with Gasteiger partial charge < -0.3 is 20.1 Å². The third kappa shape index (κ3) is 5.18. The molecule has 10 heteroatoms. The summed E-state index contributed by atoms with van der Waals surface area (Å²) in [4.78, 5) is 17.1. The average molecular weight is 476 g/mol. The van der Waals surface area contributed by atoms with E-state index in [4.69, 9.17) is 9.47 Å². The number of carbonyl (C=O) groups is 1. The maximum Gasteiger partial charge on any atom is 0.251 e. The Bertz CT molecular complexity index is 1150. The number of thioether (sulfide) groups is 1. The number of hydrogen-bond donors (Lipinski definition) is 2. The van der Waals surface area contributed by atoms with Gasteiger partial charge in [-0.1, -0.05) is 17.8 Å². The quantitative estimate of drug-likeness (QED) is 0.633. The second kappa shape index (κ2) is 9.41. The van der Waals surface area contributed by atoms with Crippen molar-refractivity contribution < 1.29 is 22.7 Å². The molecule has 170 valence electrons. The van der Waals surface area contributed by atoms with E-state index in [0.29, 0.717) is 23.7 Å². The molecule has 2 aromatic rings. The third-order valence-electron chi connectivity index (χ3n) is 5.36. The van der Waals surface area contributed by atoms with E-state index in [9.17, 15) is 13.2 Å². The fourth-order valence-corrected chi connectivity index (χ4v) is 7.44. The molecule has 2 aliphatic heterocycles. The van der Waals surface area contributed by atoms with E-state index in [-0.39, 0.29) is 28.7 Å². The summed E-state index contributed by atoms with van der Waals surface area (Å²) in [6.07, 6.45) is 0.600. The third-order valence-corrected chi connectivity index (χ3v) is 8.50. The van der Waals surface area contributed by atoms with Crippen molar-refractivity contribution in [3.05, 3.63) is 53.6 Å². The molecule has 0 saturated carbocycles. The smallest absolute Gasteiger partial charge is 0.251 e. The van der Waals surface area contributed by atoms with Crippen molar-refractivity contribution in [2.75, 3.05) is 37.6 Å². The molecule has 0 unspecified atom stereocenters. The molecule has 8 nitrogen and oxygen atoms in total. The monoisotopic (exact) mass is 475 g/mol. The van der Waals surface area contributed by atoms with Crippen molar-refractivity contribution in [2.45, 2.75) is 17.7 Å². The van der Waals surface area contributed by atoms with Gasteiger partial charge >= 0.3 is 0 Å². The van der Waals surface area contributed by atoms with Gasteiger partial charge in [0.15, 0.2) is 15.0 Å². The topological polar surface area (TPSA) is 106 Å². The fraction of sp³-hybridized carbons (Fsp3) is 0.364. The van der Waals surface area contributed by atoms with Crippen molar-refractivity contribution in [3.8, 4) is 11.5 Å². The summed E-state index contributed by atoms with van der Waals surface area (Å²) >= 11 is 1.45. The van der Waals surface area contributed by atoms with Crippen LogP contribution in [-0.4, -0.2) is 63.1 Å². The van der Waals surface area contributed by atoms with Crippen LogP contribution in [0.15, 0.2) is 47.5 Å². The number of rotatable bonds is 7. The van der Waals surface area contributed by atoms with E-state index in [1.807, 2.05) is 24.3 Å². The Hall–Kier alpha value is -2.72. The zero-order valence-electron chi connectivity index (χ0n) is 17.8. The Morgan fingerprint density at radius 1 is 1.16 bits per heavy atom. The first-order chi connectivity index (χ1) is 15.4. The molecule has 1 saturated heterocycles. The Labute approximate surface area is 191 Å². The maximum absolute atomic E-state index is 12.6. The first-order valence-corrected chi connectivity index (χ1v) is 12.9. The zero-order valence-corrected chi connectivity index (χ0v) is 19.5. The van der Waals surface area contributed by atoms with Crippen molar-refractivity contribution in [2.24, 2.45) is 4.99 Å². The normalized spacial score (nSPS) is 20.9. The highest BCUT2D eigenvalue weighted by Gasteiger charge is 2.42. The van der Waals surface area contributed by atoms with Crippen LogP contribution in [0.25, 0.3) is 0 Å². The van der Waals surface area contributed by atoms with Crippen molar-refractivity contribution in [1.29, 1.82) is 0 Å². The number of hydrogen-bond acceptors (Lipinski definition) is 8. The highest BCUT2D eigenvalue weighted by molar-refractivity contribution is 8.15. The van der Waals surface area contributed by atoms with Gasteiger partial charge in [0.1, 0.15) is 11.5 Å². The lowest BCUT2D eigenvalue weighted by atomic mass is 10.1. The number of amides is 1. The van der Waals surface area contributed by atoms with Crippen LogP contribution >= 0.6 is 11.8 Å². The van der Waals surface area contributed by atoms with Gasteiger partial charge in [0.05, 0.1) is 31.8 Å². The Morgan fingerprint density at radius 3 is 2.75 bits per heavy atom. The van der Waals surface area contributed by atoms with Crippen molar-refractivity contribution >= 4 is 38.4 Å². The van der Waals surface area contributed by atoms with Crippen LogP contribution in [0.3, 0.4) is 0 Å². The number of methoxy groups -OCH3 is 2. The van der Waals surface area contributed by atoms with Crippen LogP contribution in [0.4, 0.5) is 5.69 Å². The minimum Gasteiger partial charge on any atom is -0.497 e. The summed E-state index contributed by atoms with van der Waals surface area (Å²) in [7, 11) is 0.241. The maximum atomic E-state index is 12.6. The van der Waals surface area contributed by atoms with E-state index in [2.05, 4.69) is 15.6 Å². The summed E-state index contributed by atoms with van der Waals surface area (Å²) in [5, 5.41) is 6.81. The van der Waals surface area contributed by atoms with Gasteiger partial charge in [-0.25, -0.2) is 8.42 Å². The van der Waals surface area contributed by atoms with Crippen molar-refractivity contribution in [3.63, 3.8) is 0 Å². The number of sulfone groups is 1. The predicted molar refractivity (Wildman–Crippen MR) is 127 cm³/mol. The molecule has 1 amide bonds. The standard InChI is InChI=1S/C22H25N3O5S2/c1-29-17-6-7-19(30-2)14(11-17)8-9-23-21(26)15-4-3-5-16(10-15)24-22-25-18-12-32(27,28)13-20(18)31-22/h3-7,10-11,18,20H,8-9,12-13H2,1-2H3,(H,23,26)(H,24,25)/t18-,20-/m0/s1. The summed E-state index contributed by atoms with van der Waals surface area (Å²) in [5.41, 5.74) is 2.21. The van der Waals surface area contributed by atoms with Gasteiger partial charge in [0.25, 0.3) is 5.91 Å². The number of fused-ring (bicyclic) bond motifs is 1. The Balaban J connectivity index is 1.34. The van der Waals surface area contributed by atoms with E-state index >= 15 is 0 Å². The highest BCUT2D eigenvalue weighted by Crippen LogP contribution is 2.34. The van der Waals surface area contributed by atoms with Crippen LogP contribution in [0.1, 0.15) is 15.9 Å². The molecule has 2 N–H and O–H groups in total. The molecule has 0 radical (unpaired) electrons. The summed E-state index contributed by atoms with van der Waals surface area (Å²) < 4.78 is 34.1. The number of aliphatic imine (C=N–C) groups is 1. The number of anilines is 1. The molecule has 0 aromatic heterocycles. The van der Waals surface area contributed by atoms with Crippen molar-refractivity contribution in [1.82, 2.24) is 5.32 Å². The molecule has 32 heavy (non-hydrogen) atoms. The number of nitrogens with one attached hydrogen (secondary N) is 2. The fourth-order valence-electron chi connectivity index (χ4n) is 3.77. The molecule has 0 spiro atoms. The number of nitrogens with zero attached hydrogens (tertiary/aromatic N) is 1. The van der Waals surface area contributed by atoms with E-state index in [1.54, 1.807) is 32.4 Å². The molecule has 4 rings (SSSR count). The van der Waals surface area contributed by atoms with Gasteiger partial charge in [-0.15, -0.1) is 0 Å². The second-order valence-electron chi connectivity index (χ2n) is 7.62. The minimum atomic E-state index is -2.98. The molecule has 2 aliphatic rings. The second-order valence-corrected chi connectivity index (χ2v) is 11.0. The molecular formula is C22H25N3O5S2. The molecule has 0 aliphatic carbocycles. The first kappa shape index (κ1) is 22.5. The van der Waals surface area contributed by atoms with Gasteiger partial charge in [-0.3, -0.25) is 9.79 Å². The SMILES string of the molecule is COc1ccc(OC)c(CCNC(=O)c2cccc(NC3=N[C@H]4CS(=O)(=O)C[C@@H]4S3)c2)c1. The van der Waals surface area contributed by atoms with Gasteiger partial charge in [-0.05, 0) is 48.4 Å². The summed E-state index contributed by atoms with van der Waals surface area (Å²) in [6, 6.07) is 12.5. The van der Waals surface area contributed by atoms with Gasteiger partial charge in [0, 0.05) is 23.0 Å². The summed E-state index contributed by atoms with van der Waals surface area (Å²) in [6.45, 7) is 0.445. The number of carbonyl (C=O) groups excluding carboxylic acids is 1. The Morgan fingerprint density at radius 2 is 2.00 bits per heavy atom. The minimum absolute atomic E-state index is 0.0254. The van der Waals surface area contributed by atoms with Crippen LogP contribution in [0.2, 0.25) is 0 Å². The zero-order chi connectivity index (χ0) is 22.7. The molecular weight excluding hydrogens is 450 g/mol. The number of benzene rings is 2. The lowest BCUT2D eigenvalue weighted by Crippen LogP contribution is -2.26. The average Bonchev–Trinajstić information content (AvgIpc) is 3.26. The van der Waals surface area contributed by atoms with Crippen LogP contribution in [-0.2, 0) is 16.3 Å². The first-order valence-electron chi connectivity index (χ1n) is 10.2.